The van der Waals surface area contributed by atoms with Gasteiger partial charge in [-0.1, -0.05) is 30.3 Å². The number of carbonyl (C=O) groups excluding carboxylic acids is 1. The second-order valence-corrected chi connectivity index (χ2v) is 6.58. The Morgan fingerprint density at radius 3 is 2.50 bits per heavy atom. The molecule has 0 aliphatic heterocycles. The highest BCUT2D eigenvalue weighted by molar-refractivity contribution is 5.77. The first-order valence-electron chi connectivity index (χ1n) is 8.78. The molecule has 0 spiro atoms. The van der Waals surface area contributed by atoms with E-state index in [9.17, 15) is 4.79 Å². The van der Waals surface area contributed by atoms with Crippen molar-refractivity contribution in [2.24, 2.45) is 14.1 Å². The number of amides is 1. The van der Waals surface area contributed by atoms with Crippen molar-refractivity contribution in [1.82, 2.24) is 24.6 Å². The van der Waals surface area contributed by atoms with Crippen molar-refractivity contribution in [3.8, 4) is 0 Å². The summed E-state index contributed by atoms with van der Waals surface area (Å²) < 4.78 is 3.80. The normalized spacial score (nSPS) is 12.2. The van der Waals surface area contributed by atoms with Gasteiger partial charge in [0.1, 0.15) is 11.9 Å². The van der Waals surface area contributed by atoms with Gasteiger partial charge in [-0.2, -0.15) is 5.10 Å². The molecular weight excluding hydrogens is 326 g/mol. The lowest BCUT2D eigenvalue weighted by molar-refractivity contribution is -0.121. The van der Waals surface area contributed by atoms with Gasteiger partial charge in [0.2, 0.25) is 5.91 Å². The molecule has 6 nitrogen and oxygen atoms in total. The highest BCUT2D eigenvalue weighted by Crippen LogP contribution is 2.21. The lowest BCUT2D eigenvalue weighted by Gasteiger charge is -2.19. The Morgan fingerprint density at radius 1 is 1.19 bits per heavy atom. The molecule has 1 atom stereocenters. The fraction of sp³-hybridized carbons (Fsp3) is 0.350. The predicted molar refractivity (Wildman–Crippen MR) is 101 cm³/mol. The molecule has 6 heteroatoms. The third kappa shape index (κ3) is 3.69. The Bertz CT molecular complexity index is 894. The number of hydrogen-bond donors (Lipinski definition) is 1. The van der Waals surface area contributed by atoms with Crippen LogP contribution in [0, 0.1) is 13.8 Å². The van der Waals surface area contributed by atoms with E-state index in [-0.39, 0.29) is 11.9 Å². The molecule has 0 unspecified atom stereocenters. The molecule has 3 aromatic rings. The van der Waals surface area contributed by atoms with Crippen LogP contribution in [0.1, 0.15) is 40.8 Å². The van der Waals surface area contributed by atoms with Crippen LogP contribution in [-0.2, 0) is 25.3 Å². The van der Waals surface area contributed by atoms with E-state index in [2.05, 4.69) is 15.4 Å². The Labute approximate surface area is 153 Å². The summed E-state index contributed by atoms with van der Waals surface area (Å²) in [7, 11) is 3.87. The smallest absolute Gasteiger partial charge is 0.221 e. The summed E-state index contributed by atoms with van der Waals surface area (Å²) >= 11 is 0. The van der Waals surface area contributed by atoms with Gasteiger partial charge >= 0.3 is 0 Å². The number of benzene rings is 1. The maximum atomic E-state index is 12.7. The Hall–Kier alpha value is -2.89. The van der Waals surface area contributed by atoms with Gasteiger partial charge in [0.15, 0.2) is 0 Å². The lowest BCUT2D eigenvalue weighted by Crippen LogP contribution is -2.31. The second kappa shape index (κ2) is 7.56. The first-order valence-corrected chi connectivity index (χ1v) is 8.78. The molecule has 1 amide bonds. The third-order valence-corrected chi connectivity index (χ3v) is 4.82. The van der Waals surface area contributed by atoms with Gasteiger partial charge in [0.25, 0.3) is 0 Å². The summed E-state index contributed by atoms with van der Waals surface area (Å²) in [4.78, 5) is 17.1. The summed E-state index contributed by atoms with van der Waals surface area (Å²) in [6.45, 7) is 4.02. The minimum atomic E-state index is -0.264. The van der Waals surface area contributed by atoms with E-state index in [4.69, 9.17) is 0 Å². The molecule has 0 saturated carbocycles. The minimum absolute atomic E-state index is 0.00417. The fourth-order valence-electron chi connectivity index (χ4n) is 3.25. The average molecular weight is 351 g/mol. The van der Waals surface area contributed by atoms with E-state index >= 15 is 0 Å². The van der Waals surface area contributed by atoms with Gasteiger partial charge < -0.3 is 9.88 Å². The van der Waals surface area contributed by atoms with Crippen molar-refractivity contribution in [3.63, 3.8) is 0 Å². The number of carbonyl (C=O) groups is 1. The van der Waals surface area contributed by atoms with E-state index < -0.39 is 0 Å². The summed E-state index contributed by atoms with van der Waals surface area (Å²) in [5.41, 5.74) is 4.26. The molecule has 1 N–H and O–H groups in total. The molecule has 26 heavy (non-hydrogen) atoms. The van der Waals surface area contributed by atoms with E-state index in [1.807, 2.05) is 73.7 Å². The molecule has 0 aliphatic carbocycles. The van der Waals surface area contributed by atoms with Gasteiger partial charge in [-0.25, -0.2) is 4.98 Å². The number of nitrogens with one attached hydrogen (secondary N) is 1. The van der Waals surface area contributed by atoms with E-state index in [0.717, 1.165) is 28.3 Å². The van der Waals surface area contributed by atoms with E-state index in [0.29, 0.717) is 12.8 Å². The number of hydrogen-bond acceptors (Lipinski definition) is 3. The van der Waals surface area contributed by atoms with Gasteiger partial charge in [-0.3, -0.25) is 9.48 Å². The van der Waals surface area contributed by atoms with Crippen LogP contribution in [0.2, 0.25) is 0 Å². The Morgan fingerprint density at radius 2 is 1.92 bits per heavy atom. The molecule has 0 fully saturated rings. The van der Waals surface area contributed by atoms with Crippen LogP contribution in [0.3, 0.4) is 0 Å². The lowest BCUT2D eigenvalue weighted by atomic mass is 10.0. The molecular formula is C20H25N5O. The number of rotatable bonds is 6. The highest BCUT2D eigenvalue weighted by Gasteiger charge is 2.21. The molecule has 2 aromatic heterocycles. The quantitative estimate of drug-likeness (QED) is 0.742. The van der Waals surface area contributed by atoms with Crippen molar-refractivity contribution in [3.05, 3.63) is 71.1 Å². The number of aryl methyl sites for hydroxylation is 3. The monoisotopic (exact) mass is 351 g/mol. The predicted octanol–water partition coefficient (Wildman–Crippen LogP) is 2.61. The van der Waals surface area contributed by atoms with Crippen molar-refractivity contribution in [2.45, 2.75) is 32.7 Å². The van der Waals surface area contributed by atoms with Crippen LogP contribution in [-0.4, -0.2) is 25.2 Å². The van der Waals surface area contributed by atoms with Crippen LogP contribution >= 0.6 is 0 Å². The summed E-state index contributed by atoms with van der Waals surface area (Å²) in [6.07, 6.45) is 4.74. The number of nitrogens with zero attached hydrogens (tertiary/aromatic N) is 4. The first-order chi connectivity index (χ1) is 12.5. The second-order valence-electron chi connectivity index (χ2n) is 6.58. The summed E-state index contributed by atoms with van der Waals surface area (Å²) in [5, 5.41) is 7.56. The zero-order valence-corrected chi connectivity index (χ0v) is 15.7. The highest BCUT2D eigenvalue weighted by atomic mass is 16.1. The average Bonchev–Trinajstić information content (AvgIpc) is 3.15. The standard InChI is InChI=1S/C20H25N5O/c1-14-17(15(2)25(4)23-14)10-11-18(26)22-19(16-8-6-5-7-9-16)20-21-12-13-24(20)3/h5-9,12-13,19H,10-11H2,1-4H3,(H,22,26)/t19-/m1/s1. The van der Waals surface area contributed by atoms with Gasteiger partial charge in [0, 0.05) is 38.6 Å². The van der Waals surface area contributed by atoms with Crippen LogP contribution in [0.25, 0.3) is 0 Å². The maximum Gasteiger partial charge on any atom is 0.221 e. The molecule has 0 aliphatic rings. The molecule has 1 aromatic carbocycles. The van der Waals surface area contributed by atoms with Crippen LogP contribution in [0.4, 0.5) is 0 Å². The Kier molecular flexibility index (Phi) is 5.21. The SMILES string of the molecule is Cc1nn(C)c(C)c1CCC(=O)N[C@H](c1ccccc1)c1nccn1C. The van der Waals surface area contributed by atoms with E-state index in [1.165, 1.54) is 0 Å². The van der Waals surface area contributed by atoms with Crippen LogP contribution in [0.5, 0.6) is 0 Å². The van der Waals surface area contributed by atoms with Crippen LogP contribution < -0.4 is 5.32 Å². The molecule has 2 heterocycles. The molecule has 136 valence electrons. The summed E-state index contributed by atoms with van der Waals surface area (Å²) in [5.74, 6) is 0.822. The van der Waals surface area contributed by atoms with Crippen molar-refractivity contribution >= 4 is 5.91 Å². The van der Waals surface area contributed by atoms with Crippen molar-refractivity contribution in [1.29, 1.82) is 0 Å². The molecule has 0 bridgehead atoms. The molecule has 3 rings (SSSR count). The fourth-order valence-corrected chi connectivity index (χ4v) is 3.25. The Balaban J connectivity index is 1.75. The van der Waals surface area contributed by atoms with Crippen LogP contribution in [0.15, 0.2) is 42.7 Å². The van der Waals surface area contributed by atoms with Gasteiger partial charge in [-0.05, 0) is 31.4 Å². The molecule has 0 radical (unpaired) electrons. The van der Waals surface area contributed by atoms with Crippen molar-refractivity contribution in [2.75, 3.05) is 0 Å². The topological polar surface area (TPSA) is 64.7 Å². The van der Waals surface area contributed by atoms with Crippen molar-refractivity contribution < 1.29 is 4.79 Å². The first kappa shape index (κ1) is 17.9. The summed E-state index contributed by atoms with van der Waals surface area (Å²) in [6, 6.07) is 9.66. The zero-order valence-electron chi connectivity index (χ0n) is 15.7. The minimum Gasteiger partial charge on any atom is -0.342 e. The third-order valence-electron chi connectivity index (χ3n) is 4.82. The van der Waals surface area contributed by atoms with E-state index in [1.54, 1.807) is 6.20 Å². The number of imidazole rings is 1. The molecule has 0 saturated heterocycles. The van der Waals surface area contributed by atoms with Gasteiger partial charge in [-0.15, -0.1) is 0 Å². The number of aromatic nitrogens is 4. The zero-order chi connectivity index (χ0) is 18.7. The largest absolute Gasteiger partial charge is 0.342 e. The maximum absolute atomic E-state index is 12.7. The van der Waals surface area contributed by atoms with Gasteiger partial charge in [0.05, 0.1) is 5.69 Å².